The van der Waals surface area contributed by atoms with Crippen molar-refractivity contribution in [2.75, 3.05) is 25.7 Å². The van der Waals surface area contributed by atoms with Gasteiger partial charge in [-0.2, -0.15) is 0 Å². The standard InChI is InChI=1S/C20H21NO5/c1-20(2)12-26-16-11-13(8-9-15(16)20)21-10-6-5-7-14(18(22)24-3)17(21)19(23)25-4/h5-11H,12H2,1-4H3. The molecule has 6 nitrogen and oxygen atoms in total. The minimum Gasteiger partial charge on any atom is -0.492 e. The lowest BCUT2D eigenvalue weighted by molar-refractivity contribution is -0.139. The molecule has 0 saturated heterocycles. The van der Waals surface area contributed by atoms with Gasteiger partial charge in [0.05, 0.1) is 26.4 Å². The Balaban J connectivity index is 2.13. The highest BCUT2D eigenvalue weighted by molar-refractivity contribution is 6.05. The first-order valence-electron chi connectivity index (χ1n) is 8.21. The monoisotopic (exact) mass is 355 g/mol. The summed E-state index contributed by atoms with van der Waals surface area (Å²) in [7, 11) is 2.54. The molecule has 6 heteroatoms. The Kier molecular flexibility index (Phi) is 4.59. The molecule has 0 N–H and O–H groups in total. The molecule has 0 fully saturated rings. The van der Waals surface area contributed by atoms with E-state index in [-0.39, 0.29) is 16.7 Å². The minimum absolute atomic E-state index is 0.0672. The SMILES string of the molecule is COC(=O)C1=C(C(=O)OC)N(c2ccc3c(c2)OCC3(C)C)C=CC=C1. The van der Waals surface area contributed by atoms with Crippen molar-refractivity contribution < 1.29 is 23.8 Å². The molecule has 2 aliphatic rings. The van der Waals surface area contributed by atoms with E-state index >= 15 is 0 Å². The van der Waals surface area contributed by atoms with Crippen LogP contribution in [0, 0.1) is 0 Å². The van der Waals surface area contributed by atoms with E-state index in [4.69, 9.17) is 14.2 Å². The Morgan fingerprint density at radius 3 is 2.54 bits per heavy atom. The molecule has 0 saturated carbocycles. The predicted molar refractivity (Wildman–Crippen MR) is 96.8 cm³/mol. The second-order valence-corrected chi connectivity index (χ2v) is 6.67. The molecule has 1 aromatic rings. The number of fused-ring (bicyclic) bond motifs is 1. The van der Waals surface area contributed by atoms with Crippen molar-refractivity contribution in [1.82, 2.24) is 0 Å². The normalized spacial score (nSPS) is 17.5. The van der Waals surface area contributed by atoms with Crippen molar-refractivity contribution in [2.24, 2.45) is 0 Å². The van der Waals surface area contributed by atoms with Gasteiger partial charge < -0.3 is 19.1 Å². The van der Waals surface area contributed by atoms with Gasteiger partial charge in [-0.1, -0.05) is 26.0 Å². The maximum atomic E-state index is 12.4. The van der Waals surface area contributed by atoms with Crippen molar-refractivity contribution >= 4 is 17.6 Å². The smallest absolute Gasteiger partial charge is 0.355 e. The first kappa shape index (κ1) is 17.8. The van der Waals surface area contributed by atoms with Gasteiger partial charge in [0.2, 0.25) is 0 Å². The van der Waals surface area contributed by atoms with Gasteiger partial charge in [-0.15, -0.1) is 0 Å². The number of ether oxygens (including phenoxy) is 3. The number of nitrogens with zero attached hydrogens (tertiary/aromatic N) is 1. The Bertz CT molecular complexity index is 848. The average Bonchev–Trinajstić information content (AvgIpc) is 2.82. The van der Waals surface area contributed by atoms with Gasteiger partial charge in [-0.25, -0.2) is 9.59 Å². The van der Waals surface area contributed by atoms with Gasteiger partial charge in [0.15, 0.2) is 0 Å². The zero-order valence-corrected chi connectivity index (χ0v) is 15.2. The van der Waals surface area contributed by atoms with Gasteiger partial charge in [0.1, 0.15) is 11.4 Å². The summed E-state index contributed by atoms with van der Waals surface area (Å²) in [5.74, 6) is -0.487. The molecule has 3 rings (SSSR count). The molecule has 0 aliphatic carbocycles. The Morgan fingerprint density at radius 1 is 1.12 bits per heavy atom. The summed E-state index contributed by atoms with van der Waals surface area (Å²) in [6.45, 7) is 4.82. The fraction of sp³-hybridized carbons (Fsp3) is 0.300. The molecule has 0 spiro atoms. The van der Waals surface area contributed by atoms with Crippen LogP contribution >= 0.6 is 0 Å². The number of carbonyl (C=O) groups excluding carboxylic acids is 2. The van der Waals surface area contributed by atoms with Gasteiger partial charge >= 0.3 is 11.9 Å². The van der Waals surface area contributed by atoms with Crippen molar-refractivity contribution in [1.29, 1.82) is 0 Å². The number of rotatable bonds is 3. The van der Waals surface area contributed by atoms with Crippen LogP contribution in [0.25, 0.3) is 0 Å². The predicted octanol–water partition coefficient (Wildman–Crippen LogP) is 2.85. The van der Waals surface area contributed by atoms with Gasteiger partial charge in [-0.3, -0.25) is 0 Å². The molecular weight excluding hydrogens is 334 g/mol. The Morgan fingerprint density at radius 2 is 1.85 bits per heavy atom. The summed E-state index contributed by atoms with van der Waals surface area (Å²) < 4.78 is 15.5. The van der Waals surface area contributed by atoms with Gasteiger partial charge in [0, 0.05) is 28.9 Å². The molecule has 1 aromatic carbocycles. The van der Waals surface area contributed by atoms with Gasteiger partial charge in [0.25, 0.3) is 0 Å². The van der Waals surface area contributed by atoms with Gasteiger partial charge in [-0.05, 0) is 18.2 Å². The number of hydrogen-bond acceptors (Lipinski definition) is 6. The number of esters is 2. The van der Waals surface area contributed by atoms with Crippen LogP contribution in [0.1, 0.15) is 19.4 Å². The fourth-order valence-electron chi connectivity index (χ4n) is 3.04. The maximum absolute atomic E-state index is 12.4. The number of anilines is 1. The van der Waals surface area contributed by atoms with E-state index in [0.717, 1.165) is 11.3 Å². The van der Waals surface area contributed by atoms with Crippen LogP contribution in [0.3, 0.4) is 0 Å². The van der Waals surface area contributed by atoms with E-state index in [1.807, 2.05) is 18.2 Å². The van der Waals surface area contributed by atoms with Crippen molar-refractivity contribution in [3.63, 3.8) is 0 Å². The quantitative estimate of drug-likeness (QED) is 0.777. The molecule has 0 atom stereocenters. The van der Waals surface area contributed by atoms with E-state index < -0.39 is 11.9 Å². The summed E-state index contributed by atoms with van der Waals surface area (Å²) in [5, 5.41) is 0. The van der Waals surface area contributed by atoms with Crippen molar-refractivity contribution in [3.8, 4) is 5.75 Å². The molecule has 2 aliphatic heterocycles. The van der Waals surface area contributed by atoms with Crippen LogP contribution < -0.4 is 9.64 Å². The van der Waals surface area contributed by atoms with E-state index in [1.165, 1.54) is 20.3 Å². The Hall–Kier alpha value is -3.02. The zero-order chi connectivity index (χ0) is 18.9. The third kappa shape index (κ3) is 2.98. The summed E-state index contributed by atoms with van der Waals surface area (Å²) in [6, 6.07) is 5.73. The lowest BCUT2D eigenvalue weighted by Gasteiger charge is -2.24. The molecule has 0 radical (unpaired) electrons. The van der Waals surface area contributed by atoms with E-state index in [9.17, 15) is 9.59 Å². The third-order valence-electron chi connectivity index (χ3n) is 4.45. The number of benzene rings is 1. The average molecular weight is 355 g/mol. The molecule has 136 valence electrons. The van der Waals surface area contributed by atoms with Crippen LogP contribution in [-0.4, -0.2) is 32.8 Å². The number of allylic oxidation sites excluding steroid dienone is 2. The molecule has 0 aromatic heterocycles. The highest BCUT2D eigenvalue weighted by atomic mass is 16.5. The lowest BCUT2D eigenvalue weighted by Crippen LogP contribution is -2.27. The fourth-order valence-corrected chi connectivity index (χ4v) is 3.04. The largest absolute Gasteiger partial charge is 0.492 e. The molecule has 0 amide bonds. The molecule has 0 unspecified atom stereocenters. The summed E-state index contributed by atoms with van der Waals surface area (Å²) >= 11 is 0. The second kappa shape index (κ2) is 6.71. The van der Waals surface area contributed by atoms with E-state index in [1.54, 1.807) is 23.3 Å². The van der Waals surface area contributed by atoms with Crippen molar-refractivity contribution in [3.05, 3.63) is 59.5 Å². The lowest BCUT2D eigenvalue weighted by atomic mass is 9.87. The highest BCUT2D eigenvalue weighted by Crippen LogP contribution is 2.41. The Labute approximate surface area is 152 Å². The topological polar surface area (TPSA) is 65.1 Å². The zero-order valence-electron chi connectivity index (χ0n) is 15.2. The molecule has 2 heterocycles. The molecular formula is C20H21NO5. The first-order chi connectivity index (χ1) is 12.4. The van der Waals surface area contributed by atoms with E-state index in [0.29, 0.717) is 12.3 Å². The first-order valence-corrected chi connectivity index (χ1v) is 8.21. The minimum atomic E-state index is -0.636. The van der Waals surface area contributed by atoms with Crippen LogP contribution in [-0.2, 0) is 24.5 Å². The maximum Gasteiger partial charge on any atom is 0.355 e. The van der Waals surface area contributed by atoms with E-state index in [2.05, 4.69) is 13.8 Å². The number of carbonyl (C=O) groups is 2. The van der Waals surface area contributed by atoms with Crippen LogP contribution in [0.4, 0.5) is 5.69 Å². The second-order valence-electron chi connectivity index (χ2n) is 6.67. The van der Waals surface area contributed by atoms with Crippen molar-refractivity contribution in [2.45, 2.75) is 19.3 Å². The number of hydrogen-bond donors (Lipinski definition) is 0. The van der Waals surface area contributed by atoms with Crippen LogP contribution in [0.2, 0.25) is 0 Å². The molecule has 0 bridgehead atoms. The van der Waals surface area contributed by atoms with Crippen LogP contribution in [0.15, 0.2) is 53.9 Å². The highest BCUT2D eigenvalue weighted by Gasteiger charge is 2.33. The summed E-state index contributed by atoms with van der Waals surface area (Å²) in [5.41, 5.74) is 1.92. The molecule has 26 heavy (non-hydrogen) atoms. The van der Waals surface area contributed by atoms with Crippen LogP contribution in [0.5, 0.6) is 5.75 Å². The summed E-state index contributed by atoms with van der Waals surface area (Å²) in [4.78, 5) is 26.2. The number of methoxy groups -OCH3 is 2. The summed E-state index contributed by atoms with van der Waals surface area (Å²) in [6.07, 6.45) is 6.63. The third-order valence-corrected chi connectivity index (χ3v) is 4.45.